The first-order valence-electron chi connectivity index (χ1n) is 1.99. The molecule has 0 rings (SSSR count). The summed E-state index contributed by atoms with van der Waals surface area (Å²) in [5, 5.41) is 2.75. The van der Waals surface area contributed by atoms with Gasteiger partial charge in [0.15, 0.2) is 0 Å². The highest BCUT2D eigenvalue weighted by Gasteiger charge is 1.86. The third kappa shape index (κ3) is 33.8. The van der Waals surface area contributed by atoms with E-state index in [1.54, 1.807) is 0 Å². The van der Waals surface area contributed by atoms with Crippen LogP contribution in [0, 0.1) is 0 Å². The van der Waals surface area contributed by atoms with Crippen LogP contribution in [0.2, 0.25) is 0 Å². The molecule has 4 nitrogen and oxygen atoms in total. The van der Waals surface area contributed by atoms with E-state index in [0.29, 0.717) is 0 Å². The van der Waals surface area contributed by atoms with E-state index >= 15 is 0 Å². The first-order valence-corrected chi connectivity index (χ1v) is 3.16. The molecule has 0 aliphatic rings. The second-order valence-corrected chi connectivity index (χ2v) is 1.81. The average Bonchev–Trinajstić information content (AvgIpc) is 1.69. The van der Waals surface area contributed by atoms with Crippen molar-refractivity contribution >= 4 is 8.60 Å². The summed E-state index contributed by atoms with van der Waals surface area (Å²) in [4.78, 5) is 15.5. The smallest absolute Gasteiger partial charge is 0.326 e. The number of nitrogens with one attached hydrogen (secondary N) is 1. The van der Waals surface area contributed by atoms with Gasteiger partial charge in [-0.3, -0.25) is 0 Å². The van der Waals surface area contributed by atoms with Gasteiger partial charge in [-0.2, -0.15) is 0 Å². The summed E-state index contributed by atoms with van der Waals surface area (Å²) < 4.78 is 3.93. The summed E-state index contributed by atoms with van der Waals surface area (Å²) in [6, 6.07) is 0. The zero-order valence-corrected chi connectivity index (χ0v) is 6.14. The van der Waals surface area contributed by atoms with Crippen LogP contribution >= 0.6 is 8.60 Å². The molecule has 52 valence electrons. The molecule has 0 aromatic heterocycles. The van der Waals surface area contributed by atoms with Crippen molar-refractivity contribution in [1.29, 1.82) is 0 Å². The van der Waals surface area contributed by atoms with Crippen LogP contribution in [0.15, 0.2) is 0 Å². The fourth-order valence-electron chi connectivity index (χ4n) is 0. The summed E-state index contributed by atoms with van der Waals surface area (Å²) in [7, 11) is 2.88. The van der Waals surface area contributed by atoms with Crippen LogP contribution in [0.1, 0.15) is 0 Å². The molecule has 0 atom stereocenters. The summed E-state index contributed by atoms with van der Waals surface area (Å²) in [6.45, 7) is 0. The van der Waals surface area contributed by atoms with Gasteiger partial charge in [0.25, 0.3) is 0 Å². The highest BCUT2D eigenvalue weighted by molar-refractivity contribution is 7.39. The standard InChI is InChI=1S/C2H7N.CH5O3P/c1-3-2;1-4-5(2)3/h3H,1-2H3;2-3H,1H3. The van der Waals surface area contributed by atoms with E-state index in [9.17, 15) is 0 Å². The second kappa shape index (κ2) is 10.3. The molecule has 0 saturated heterocycles. The number of hydrogen-bond acceptors (Lipinski definition) is 4. The summed E-state index contributed by atoms with van der Waals surface area (Å²) >= 11 is 0. The van der Waals surface area contributed by atoms with Gasteiger partial charge < -0.3 is 19.6 Å². The zero-order chi connectivity index (χ0) is 6.99. The van der Waals surface area contributed by atoms with Crippen LogP contribution in [0.5, 0.6) is 0 Å². The molecule has 0 aliphatic carbocycles. The fourth-order valence-corrected chi connectivity index (χ4v) is 0. The molecule has 0 aliphatic heterocycles. The van der Waals surface area contributed by atoms with Crippen LogP contribution < -0.4 is 5.32 Å². The Hall–Kier alpha value is 0.270. The van der Waals surface area contributed by atoms with Crippen molar-refractivity contribution in [2.75, 3.05) is 21.2 Å². The van der Waals surface area contributed by atoms with E-state index in [1.807, 2.05) is 14.1 Å². The van der Waals surface area contributed by atoms with Crippen LogP contribution in [0.25, 0.3) is 0 Å². The van der Waals surface area contributed by atoms with Crippen molar-refractivity contribution in [2.45, 2.75) is 0 Å². The minimum absolute atomic E-state index is 1.23. The van der Waals surface area contributed by atoms with Crippen molar-refractivity contribution in [3.05, 3.63) is 0 Å². The van der Waals surface area contributed by atoms with E-state index < -0.39 is 8.60 Å². The normalized spacial score (nSPS) is 8.25. The maximum absolute atomic E-state index is 7.76. The molecule has 5 heteroatoms. The van der Waals surface area contributed by atoms with Gasteiger partial charge in [-0.1, -0.05) is 0 Å². The minimum atomic E-state index is -2.10. The van der Waals surface area contributed by atoms with Crippen LogP contribution in [0.3, 0.4) is 0 Å². The Bertz CT molecular complexity index is 35.7. The van der Waals surface area contributed by atoms with E-state index in [2.05, 4.69) is 9.84 Å². The molecular weight excluding hydrogens is 129 g/mol. The number of hydrogen-bond donors (Lipinski definition) is 3. The van der Waals surface area contributed by atoms with Gasteiger partial charge in [-0.05, 0) is 14.1 Å². The molecular formula is C3H12NO3P. The van der Waals surface area contributed by atoms with Gasteiger partial charge in [0.05, 0.1) is 0 Å². The Kier molecular flexibility index (Phi) is 14.3. The lowest BCUT2D eigenvalue weighted by Crippen LogP contribution is -1.89. The van der Waals surface area contributed by atoms with Crippen molar-refractivity contribution in [3.8, 4) is 0 Å². The van der Waals surface area contributed by atoms with Crippen molar-refractivity contribution in [1.82, 2.24) is 5.32 Å². The SMILES string of the molecule is CNC.COP(O)O. The second-order valence-electron chi connectivity index (χ2n) is 0.935. The lowest BCUT2D eigenvalue weighted by atomic mass is 11.3. The van der Waals surface area contributed by atoms with Gasteiger partial charge >= 0.3 is 8.60 Å². The first kappa shape index (κ1) is 11.1. The molecule has 0 spiro atoms. The van der Waals surface area contributed by atoms with Crippen LogP contribution in [-0.2, 0) is 4.52 Å². The van der Waals surface area contributed by atoms with Gasteiger partial charge in [0.1, 0.15) is 0 Å². The van der Waals surface area contributed by atoms with Gasteiger partial charge in [-0.15, -0.1) is 0 Å². The first-order chi connectivity index (χ1) is 3.68. The van der Waals surface area contributed by atoms with Gasteiger partial charge in [0, 0.05) is 7.11 Å². The van der Waals surface area contributed by atoms with E-state index in [1.165, 1.54) is 7.11 Å². The lowest BCUT2D eigenvalue weighted by Gasteiger charge is -1.89. The third-order valence-corrected chi connectivity index (χ3v) is 0.490. The Morgan fingerprint density at radius 1 is 1.38 bits per heavy atom. The molecule has 0 aromatic rings. The summed E-state index contributed by atoms with van der Waals surface area (Å²) in [5.74, 6) is 0. The Morgan fingerprint density at radius 3 is 1.50 bits per heavy atom. The maximum atomic E-state index is 7.76. The summed E-state index contributed by atoms with van der Waals surface area (Å²) in [5.41, 5.74) is 0. The fraction of sp³-hybridized carbons (Fsp3) is 1.00. The van der Waals surface area contributed by atoms with Crippen molar-refractivity contribution in [2.24, 2.45) is 0 Å². The molecule has 0 amide bonds. The highest BCUT2D eigenvalue weighted by atomic mass is 31.2. The highest BCUT2D eigenvalue weighted by Crippen LogP contribution is 2.20. The predicted octanol–water partition coefficient (Wildman–Crippen LogP) is -0.320. The van der Waals surface area contributed by atoms with E-state index in [0.717, 1.165) is 0 Å². The Balaban J connectivity index is 0. The van der Waals surface area contributed by atoms with E-state index in [4.69, 9.17) is 9.79 Å². The lowest BCUT2D eigenvalue weighted by molar-refractivity contribution is 0.310. The predicted molar refractivity (Wildman–Crippen MR) is 33.4 cm³/mol. The van der Waals surface area contributed by atoms with Crippen molar-refractivity contribution in [3.63, 3.8) is 0 Å². The monoisotopic (exact) mass is 141 g/mol. The maximum Gasteiger partial charge on any atom is 0.326 e. The molecule has 0 unspecified atom stereocenters. The molecule has 0 saturated carbocycles. The average molecular weight is 141 g/mol. The Morgan fingerprint density at radius 2 is 1.50 bits per heavy atom. The Labute approximate surface area is 50.5 Å². The van der Waals surface area contributed by atoms with E-state index in [-0.39, 0.29) is 0 Å². The topological polar surface area (TPSA) is 61.7 Å². The summed E-state index contributed by atoms with van der Waals surface area (Å²) in [6.07, 6.45) is 0. The minimum Gasteiger partial charge on any atom is -0.328 e. The largest absolute Gasteiger partial charge is 0.328 e. The molecule has 8 heavy (non-hydrogen) atoms. The molecule has 0 aromatic carbocycles. The van der Waals surface area contributed by atoms with Crippen LogP contribution in [-0.4, -0.2) is 31.0 Å². The third-order valence-electron chi connectivity index (χ3n) is 0.163. The number of rotatable bonds is 1. The van der Waals surface area contributed by atoms with Crippen LogP contribution in [0.4, 0.5) is 0 Å². The van der Waals surface area contributed by atoms with Gasteiger partial charge in [-0.25, -0.2) is 0 Å². The van der Waals surface area contributed by atoms with Crippen molar-refractivity contribution < 1.29 is 14.3 Å². The molecule has 0 heterocycles. The van der Waals surface area contributed by atoms with Gasteiger partial charge in [0.2, 0.25) is 0 Å². The molecule has 0 bridgehead atoms. The zero-order valence-electron chi connectivity index (χ0n) is 5.25. The molecule has 0 fully saturated rings. The quantitative estimate of drug-likeness (QED) is 0.438. The molecule has 3 N–H and O–H groups in total. The molecule has 0 radical (unpaired) electrons.